The molecule has 2 rings (SSSR count). The SMILES string of the molecule is CCSc1nnc(NC(=O)C(CC)N(c2cc([N+](=O)[O-])ccc2C)S(C)(=O)=O)s1. The van der Waals surface area contributed by atoms with E-state index in [-0.39, 0.29) is 22.9 Å². The number of nitrogens with one attached hydrogen (secondary N) is 1. The number of nitrogens with zero attached hydrogens (tertiary/aromatic N) is 4. The van der Waals surface area contributed by atoms with Crippen LogP contribution in [0.15, 0.2) is 22.5 Å². The number of aromatic nitrogens is 2. The summed E-state index contributed by atoms with van der Waals surface area (Å²) in [6.45, 7) is 5.25. The summed E-state index contributed by atoms with van der Waals surface area (Å²) in [7, 11) is -3.92. The van der Waals surface area contributed by atoms with E-state index in [4.69, 9.17) is 0 Å². The second-order valence-corrected chi connectivity index (χ2v) is 10.4. The molecule has 1 heterocycles. The summed E-state index contributed by atoms with van der Waals surface area (Å²) in [5.74, 6) is 0.210. The first-order valence-electron chi connectivity index (χ1n) is 8.60. The maximum atomic E-state index is 12.9. The van der Waals surface area contributed by atoms with Crippen molar-refractivity contribution in [3.05, 3.63) is 33.9 Å². The van der Waals surface area contributed by atoms with Crippen LogP contribution in [0.25, 0.3) is 0 Å². The number of carbonyl (C=O) groups is 1. The molecule has 0 spiro atoms. The fraction of sp³-hybridized carbons (Fsp3) is 0.438. The third-order valence-electron chi connectivity index (χ3n) is 3.88. The summed E-state index contributed by atoms with van der Waals surface area (Å²) >= 11 is 2.66. The number of hydrogen-bond donors (Lipinski definition) is 1. The molecule has 0 aliphatic carbocycles. The quantitative estimate of drug-likeness (QED) is 0.262. The average Bonchev–Trinajstić information content (AvgIpc) is 3.06. The van der Waals surface area contributed by atoms with E-state index >= 15 is 0 Å². The van der Waals surface area contributed by atoms with E-state index in [0.29, 0.717) is 9.90 Å². The molecule has 1 aromatic heterocycles. The number of carbonyl (C=O) groups excluding carboxylic acids is 1. The zero-order valence-corrected chi connectivity index (χ0v) is 18.7. The van der Waals surface area contributed by atoms with E-state index in [9.17, 15) is 23.3 Å². The Kier molecular flexibility index (Phi) is 7.54. The third-order valence-corrected chi connectivity index (χ3v) is 6.90. The van der Waals surface area contributed by atoms with Gasteiger partial charge >= 0.3 is 0 Å². The summed E-state index contributed by atoms with van der Waals surface area (Å²) in [4.78, 5) is 23.4. The Labute approximate surface area is 176 Å². The van der Waals surface area contributed by atoms with Gasteiger partial charge in [0, 0.05) is 12.1 Å². The standard InChI is InChI=1S/C16H21N5O5S3/c1-5-12(14(22)17-15-18-19-16(28-15)27-6-2)20(29(4,25)26)13-9-11(21(23)24)8-7-10(13)3/h7-9,12H,5-6H2,1-4H3,(H,17,18,22). The zero-order chi connectivity index (χ0) is 21.8. The number of amides is 1. The highest BCUT2D eigenvalue weighted by molar-refractivity contribution is 8.01. The van der Waals surface area contributed by atoms with E-state index in [1.54, 1.807) is 13.8 Å². The van der Waals surface area contributed by atoms with Crippen LogP contribution in [0.5, 0.6) is 0 Å². The summed E-state index contributed by atoms with van der Waals surface area (Å²) in [6, 6.07) is 2.79. The maximum absolute atomic E-state index is 12.9. The summed E-state index contributed by atoms with van der Waals surface area (Å²) in [5.41, 5.74) is 0.313. The Hall–Kier alpha value is -2.25. The van der Waals surface area contributed by atoms with Crippen LogP contribution in [0, 0.1) is 17.0 Å². The maximum Gasteiger partial charge on any atom is 0.271 e. The molecule has 0 saturated carbocycles. The predicted octanol–water partition coefficient (Wildman–Crippen LogP) is 3.05. The Morgan fingerprint density at radius 2 is 2.07 bits per heavy atom. The van der Waals surface area contributed by atoms with E-state index in [2.05, 4.69) is 15.5 Å². The van der Waals surface area contributed by atoms with E-state index in [1.165, 1.54) is 35.2 Å². The molecule has 29 heavy (non-hydrogen) atoms. The summed E-state index contributed by atoms with van der Waals surface area (Å²) in [6.07, 6.45) is 1.11. The van der Waals surface area contributed by atoms with E-state index in [0.717, 1.165) is 22.4 Å². The average molecular weight is 460 g/mol. The molecule has 1 atom stereocenters. The minimum atomic E-state index is -3.92. The number of aryl methyl sites for hydroxylation is 1. The molecule has 13 heteroatoms. The van der Waals surface area contributed by atoms with Crippen LogP contribution in [0.2, 0.25) is 0 Å². The molecular formula is C16H21N5O5S3. The number of nitro benzene ring substituents is 1. The van der Waals surface area contributed by atoms with Gasteiger partial charge in [0.25, 0.3) is 5.69 Å². The fourth-order valence-corrected chi connectivity index (χ4v) is 5.53. The molecule has 2 aromatic rings. The number of hydrogen-bond acceptors (Lipinski definition) is 9. The van der Waals surface area contributed by atoms with E-state index in [1.807, 2.05) is 6.92 Å². The van der Waals surface area contributed by atoms with Gasteiger partial charge in [-0.15, -0.1) is 10.2 Å². The molecule has 0 saturated heterocycles. The molecule has 0 fully saturated rings. The minimum Gasteiger partial charge on any atom is -0.299 e. The number of rotatable bonds is 9. The van der Waals surface area contributed by atoms with Gasteiger partial charge in [0.2, 0.25) is 21.1 Å². The first-order valence-corrected chi connectivity index (χ1v) is 12.2. The van der Waals surface area contributed by atoms with Crippen LogP contribution in [-0.4, -0.2) is 47.5 Å². The van der Waals surface area contributed by atoms with Crippen molar-refractivity contribution in [2.45, 2.75) is 37.6 Å². The van der Waals surface area contributed by atoms with Gasteiger partial charge in [-0.1, -0.05) is 43.0 Å². The van der Waals surface area contributed by atoms with Gasteiger partial charge in [-0.25, -0.2) is 8.42 Å². The first-order chi connectivity index (χ1) is 13.6. The first kappa shape index (κ1) is 23.0. The molecule has 10 nitrogen and oxygen atoms in total. The van der Waals surface area contributed by atoms with Gasteiger partial charge < -0.3 is 0 Å². The lowest BCUT2D eigenvalue weighted by molar-refractivity contribution is -0.384. The van der Waals surface area contributed by atoms with Crippen LogP contribution in [0.4, 0.5) is 16.5 Å². The van der Waals surface area contributed by atoms with Crippen molar-refractivity contribution in [1.29, 1.82) is 0 Å². The smallest absolute Gasteiger partial charge is 0.271 e. The molecule has 0 bridgehead atoms. The zero-order valence-electron chi connectivity index (χ0n) is 16.3. The summed E-state index contributed by atoms with van der Waals surface area (Å²) < 4.78 is 26.7. The molecule has 0 radical (unpaired) electrons. The lowest BCUT2D eigenvalue weighted by atomic mass is 10.1. The van der Waals surface area contributed by atoms with Crippen molar-refractivity contribution < 1.29 is 18.1 Å². The van der Waals surface area contributed by atoms with Gasteiger partial charge in [-0.2, -0.15) is 0 Å². The van der Waals surface area contributed by atoms with Crippen molar-refractivity contribution in [3.63, 3.8) is 0 Å². The molecule has 158 valence electrons. The molecule has 1 unspecified atom stereocenters. The monoisotopic (exact) mass is 459 g/mol. The molecular weight excluding hydrogens is 438 g/mol. The van der Waals surface area contributed by atoms with Crippen molar-refractivity contribution >= 4 is 55.5 Å². The molecule has 0 aliphatic heterocycles. The largest absolute Gasteiger partial charge is 0.299 e. The Morgan fingerprint density at radius 1 is 1.38 bits per heavy atom. The van der Waals surface area contributed by atoms with Crippen molar-refractivity contribution in [3.8, 4) is 0 Å². The van der Waals surface area contributed by atoms with Crippen molar-refractivity contribution in [2.75, 3.05) is 21.6 Å². The number of nitro groups is 1. The number of sulfonamides is 1. The Bertz CT molecular complexity index is 1010. The van der Waals surface area contributed by atoms with Crippen LogP contribution in [-0.2, 0) is 14.8 Å². The highest BCUT2D eigenvalue weighted by Crippen LogP contribution is 2.31. The second kappa shape index (κ2) is 9.50. The number of non-ortho nitro benzene ring substituents is 1. The molecule has 0 aliphatic rings. The Morgan fingerprint density at radius 3 is 2.62 bits per heavy atom. The molecule has 1 aromatic carbocycles. The van der Waals surface area contributed by atoms with Crippen LogP contribution < -0.4 is 9.62 Å². The van der Waals surface area contributed by atoms with Gasteiger partial charge in [0.05, 0.1) is 16.9 Å². The topological polar surface area (TPSA) is 135 Å². The Balaban J connectivity index is 2.43. The molecule has 1 amide bonds. The van der Waals surface area contributed by atoms with Crippen LogP contribution >= 0.6 is 23.1 Å². The normalized spacial score (nSPS) is 12.4. The lowest BCUT2D eigenvalue weighted by Gasteiger charge is -2.30. The third kappa shape index (κ3) is 5.64. The number of anilines is 2. The minimum absolute atomic E-state index is 0.0863. The van der Waals surface area contributed by atoms with Gasteiger partial charge in [0.15, 0.2) is 4.34 Å². The summed E-state index contributed by atoms with van der Waals surface area (Å²) in [5, 5.41) is 21.9. The predicted molar refractivity (Wildman–Crippen MR) is 114 cm³/mol. The van der Waals surface area contributed by atoms with Crippen LogP contribution in [0.1, 0.15) is 25.8 Å². The van der Waals surface area contributed by atoms with Crippen molar-refractivity contribution in [2.24, 2.45) is 0 Å². The van der Waals surface area contributed by atoms with Gasteiger partial charge in [0.1, 0.15) is 6.04 Å². The second-order valence-electron chi connectivity index (χ2n) is 6.01. The van der Waals surface area contributed by atoms with Crippen LogP contribution in [0.3, 0.4) is 0 Å². The van der Waals surface area contributed by atoms with E-state index < -0.39 is 26.9 Å². The number of benzene rings is 1. The molecule has 1 N–H and O–H groups in total. The highest BCUT2D eigenvalue weighted by Gasteiger charge is 2.33. The van der Waals surface area contributed by atoms with Gasteiger partial charge in [-0.3, -0.25) is 24.5 Å². The fourth-order valence-electron chi connectivity index (χ4n) is 2.61. The van der Waals surface area contributed by atoms with Crippen molar-refractivity contribution in [1.82, 2.24) is 10.2 Å². The number of thioether (sulfide) groups is 1. The van der Waals surface area contributed by atoms with Gasteiger partial charge in [-0.05, 0) is 24.7 Å². The highest BCUT2D eigenvalue weighted by atomic mass is 32.2. The lowest BCUT2D eigenvalue weighted by Crippen LogP contribution is -2.47.